The van der Waals surface area contributed by atoms with E-state index >= 15 is 0 Å². The Balaban J connectivity index is 1.62. The molecule has 1 aliphatic heterocycles. The third-order valence-corrected chi connectivity index (χ3v) is 8.04. The first-order valence-corrected chi connectivity index (χ1v) is 12.6. The van der Waals surface area contributed by atoms with Crippen molar-refractivity contribution in [2.45, 2.75) is 64.8 Å². The number of hydrogen-bond acceptors (Lipinski definition) is 4. The van der Waals surface area contributed by atoms with Crippen LogP contribution in [0.1, 0.15) is 77.2 Å². The van der Waals surface area contributed by atoms with Crippen LogP contribution in [0.15, 0.2) is 18.2 Å². The van der Waals surface area contributed by atoms with Gasteiger partial charge in [-0.1, -0.05) is 13.8 Å². The minimum absolute atomic E-state index is 0.0397. The molecule has 0 saturated carbocycles. The van der Waals surface area contributed by atoms with E-state index in [1.54, 1.807) is 0 Å². The summed E-state index contributed by atoms with van der Waals surface area (Å²) in [5, 5.41) is 3.61. The summed E-state index contributed by atoms with van der Waals surface area (Å²) >= 11 is 1.98. The molecule has 2 aliphatic carbocycles. The van der Waals surface area contributed by atoms with E-state index in [4.69, 9.17) is 5.73 Å². The molecule has 1 aromatic heterocycles. The van der Waals surface area contributed by atoms with Crippen LogP contribution in [0.5, 0.6) is 0 Å². The van der Waals surface area contributed by atoms with E-state index in [2.05, 4.69) is 29.8 Å². The lowest BCUT2D eigenvalue weighted by atomic mass is 9.75. The fourth-order valence-electron chi connectivity index (χ4n) is 5.61. The quantitative estimate of drug-likeness (QED) is 0.737. The standard InChI is InChI=1S/C25H31N3O2S/c1-25(2)13-21-23(22(29)14-25)18-4-3-5-20(18)28(21)16-6-7-17(24(26)30)19(12-16)27-15-8-10-31-11-9-15/h6-7,12,15,27H,3-5,8-11,13-14H2,1-2H3,(H2,26,30). The fourth-order valence-corrected chi connectivity index (χ4v) is 6.71. The first-order valence-electron chi connectivity index (χ1n) is 11.4. The van der Waals surface area contributed by atoms with Crippen LogP contribution in [0.2, 0.25) is 0 Å². The van der Waals surface area contributed by atoms with Gasteiger partial charge >= 0.3 is 0 Å². The molecular weight excluding hydrogens is 406 g/mol. The number of Topliss-reactive ketones (excluding diaryl/α,β-unsaturated/α-hetero) is 1. The molecule has 1 saturated heterocycles. The molecular formula is C25H31N3O2S. The van der Waals surface area contributed by atoms with E-state index in [1.807, 2.05) is 23.9 Å². The molecule has 0 radical (unpaired) electrons. The number of nitrogens with one attached hydrogen (secondary N) is 1. The average Bonchev–Trinajstić information content (AvgIpc) is 3.27. The van der Waals surface area contributed by atoms with E-state index in [0.717, 1.165) is 72.7 Å². The summed E-state index contributed by atoms with van der Waals surface area (Å²) < 4.78 is 2.32. The molecule has 164 valence electrons. The Bertz CT molecular complexity index is 1060. The average molecular weight is 438 g/mol. The van der Waals surface area contributed by atoms with Crippen LogP contribution in [0.3, 0.4) is 0 Å². The van der Waals surface area contributed by atoms with Gasteiger partial charge in [0.1, 0.15) is 0 Å². The highest BCUT2D eigenvalue weighted by atomic mass is 32.2. The van der Waals surface area contributed by atoms with E-state index in [9.17, 15) is 9.59 Å². The summed E-state index contributed by atoms with van der Waals surface area (Å²) in [6.07, 6.45) is 6.76. The van der Waals surface area contributed by atoms with Gasteiger partial charge in [-0.15, -0.1) is 0 Å². The number of amides is 1. The largest absolute Gasteiger partial charge is 0.382 e. The van der Waals surface area contributed by atoms with Crippen LogP contribution < -0.4 is 11.1 Å². The van der Waals surface area contributed by atoms with E-state index in [-0.39, 0.29) is 11.2 Å². The normalized spacial score (nSPS) is 20.4. The zero-order valence-corrected chi connectivity index (χ0v) is 19.2. The van der Waals surface area contributed by atoms with Crippen LogP contribution in [0, 0.1) is 5.41 Å². The minimum Gasteiger partial charge on any atom is -0.382 e. The molecule has 3 N–H and O–H groups in total. The number of carbonyl (C=O) groups excluding carboxylic acids is 2. The van der Waals surface area contributed by atoms with Crippen molar-refractivity contribution < 1.29 is 9.59 Å². The fraction of sp³-hybridized carbons (Fsp3) is 0.520. The lowest BCUT2D eigenvalue weighted by Gasteiger charge is -2.30. The molecule has 3 aliphatic rings. The Hall–Kier alpha value is -2.21. The van der Waals surface area contributed by atoms with Gasteiger partial charge in [0.05, 0.1) is 5.56 Å². The van der Waals surface area contributed by atoms with Gasteiger partial charge in [-0.25, -0.2) is 0 Å². The maximum absolute atomic E-state index is 13.1. The highest BCUT2D eigenvalue weighted by Gasteiger charge is 2.38. The van der Waals surface area contributed by atoms with E-state index < -0.39 is 5.91 Å². The topological polar surface area (TPSA) is 77.1 Å². The SMILES string of the molecule is CC1(C)CC(=O)c2c3c(n(-c4ccc(C(N)=O)c(NC5CCSCC5)c4)c2C1)CCC3. The molecule has 1 fully saturated rings. The number of anilines is 1. The van der Waals surface area contributed by atoms with Gasteiger partial charge in [-0.05, 0) is 79.2 Å². The van der Waals surface area contributed by atoms with Gasteiger partial charge < -0.3 is 15.6 Å². The Morgan fingerprint density at radius 3 is 2.68 bits per heavy atom. The summed E-state index contributed by atoms with van der Waals surface area (Å²) in [4.78, 5) is 25.2. The van der Waals surface area contributed by atoms with Crippen molar-refractivity contribution in [3.05, 3.63) is 46.3 Å². The summed E-state index contributed by atoms with van der Waals surface area (Å²) in [6, 6.07) is 6.28. The van der Waals surface area contributed by atoms with Gasteiger partial charge in [0.25, 0.3) is 5.91 Å². The predicted molar refractivity (Wildman–Crippen MR) is 127 cm³/mol. The number of aromatic nitrogens is 1. The molecule has 2 heterocycles. The minimum atomic E-state index is -0.407. The number of hydrogen-bond donors (Lipinski definition) is 2. The molecule has 0 unspecified atom stereocenters. The number of nitrogens with zero attached hydrogens (tertiary/aromatic N) is 1. The van der Waals surface area contributed by atoms with Crippen LogP contribution in [-0.2, 0) is 19.3 Å². The maximum atomic E-state index is 13.1. The number of ketones is 1. The van der Waals surface area contributed by atoms with E-state index in [1.165, 1.54) is 11.3 Å². The van der Waals surface area contributed by atoms with Crippen LogP contribution in [0.4, 0.5) is 5.69 Å². The number of carbonyl (C=O) groups is 2. The molecule has 0 bridgehead atoms. The second kappa shape index (κ2) is 7.73. The lowest BCUT2D eigenvalue weighted by Crippen LogP contribution is -2.28. The van der Waals surface area contributed by atoms with Gasteiger partial charge in [-0.3, -0.25) is 9.59 Å². The molecule has 5 nitrogen and oxygen atoms in total. The predicted octanol–water partition coefficient (Wildman–Crippen LogP) is 4.53. The second-order valence-electron chi connectivity index (χ2n) is 10.0. The first-order chi connectivity index (χ1) is 14.8. The van der Waals surface area contributed by atoms with Crippen LogP contribution >= 0.6 is 11.8 Å². The third-order valence-electron chi connectivity index (χ3n) is 6.99. The van der Waals surface area contributed by atoms with Crippen molar-refractivity contribution in [1.29, 1.82) is 0 Å². The molecule has 0 spiro atoms. The molecule has 6 heteroatoms. The van der Waals surface area contributed by atoms with Crippen molar-refractivity contribution in [3.8, 4) is 5.69 Å². The zero-order chi connectivity index (χ0) is 21.8. The monoisotopic (exact) mass is 437 g/mol. The molecule has 2 aromatic rings. The molecule has 5 rings (SSSR count). The Labute approximate surface area is 188 Å². The van der Waals surface area contributed by atoms with Crippen molar-refractivity contribution in [2.75, 3.05) is 16.8 Å². The summed E-state index contributed by atoms with van der Waals surface area (Å²) in [6.45, 7) is 4.36. The van der Waals surface area contributed by atoms with Gasteiger partial charge in [-0.2, -0.15) is 11.8 Å². The number of nitrogens with two attached hydrogens (primary N) is 1. The molecule has 1 aromatic carbocycles. The van der Waals surface area contributed by atoms with Crippen LogP contribution in [0.25, 0.3) is 5.69 Å². The Morgan fingerprint density at radius 1 is 1.16 bits per heavy atom. The molecule has 0 atom stereocenters. The highest BCUT2D eigenvalue weighted by molar-refractivity contribution is 7.99. The van der Waals surface area contributed by atoms with Crippen molar-refractivity contribution >= 4 is 29.1 Å². The maximum Gasteiger partial charge on any atom is 0.250 e. The van der Waals surface area contributed by atoms with Crippen molar-refractivity contribution in [3.63, 3.8) is 0 Å². The third kappa shape index (κ3) is 3.69. The van der Waals surface area contributed by atoms with Gasteiger partial charge in [0.15, 0.2) is 5.78 Å². The molecule has 1 amide bonds. The number of fused-ring (bicyclic) bond motifs is 3. The van der Waals surface area contributed by atoms with Gasteiger partial charge in [0, 0.05) is 40.8 Å². The zero-order valence-electron chi connectivity index (χ0n) is 18.4. The second-order valence-corrected chi connectivity index (χ2v) is 11.2. The highest BCUT2D eigenvalue weighted by Crippen LogP contribution is 2.43. The summed E-state index contributed by atoms with van der Waals surface area (Å²) in [7, 11) is 0. The number of benzene rings is 1. The van der Waals surface area contributed by atoms with Crippen LogP contribution in [-0.4, -0.2) is 33.8 Å². The number of rotatable bonds is 4. The summed E-state index contributed by atoms with van der Waals surface area (Å²) in [5.41, 5.74) is 12.7. The number of primary amides is 1. The first kappa shape index (κ1) is 20.7. The molecule has 31 heavy (non-hydrogen) atoms. The Kier molecular flexibility index (Phi) is 5.16. The van der Waals surface area contributed by atoms with E-state index in [0.29, 0.717) is 18.0 Å². The van der Waals surface area contributed by atoms with Gasteiger partial charge in [0.2, 0.25) is 0 Å². The smallest absolute Gasteiger partial charge is 0.250 e. The van der Waals surface area contributed by atoms with Crippen molar-refractivity contribution in [1.82, 2.24) is 4.57 Å². The summed E-state index contributed by atoms with van der Waals surface area (Å²) in [5.74, 6) is 2.16. The Morgan fingerprint density at radius 2 is 1.94 bits per heavy atom. The lowest BCUT2D eigenvalue weighted by molar-refractivity contribution is 0.0909. The van der Waals surface area contributed by atoms with Crippen molar-refractivity contribution in [2.24, 2.45) is 11.1 Å². The number of thioether (sulfide) groups is 1.